The summed E-state index contributed by atoms with van der Waals surface area (Å²) in [5, 5.41) is 14.2. The predicted molar refractivity (Wildman–Crippen MR) is 87.6 cm³/mol. The Morgan fingerprint density at radius 1 is 1.19 bits per heavy atom. The maximum Gasteiger partial charge on any atom is 0.0771 e. The van der Waals surface area contributed by atoms with Gasteiger partial charge in [0.25, 0.3) is 0 Å². The van der Waals surface area contributed by atoms with Gasteiger partial charge in [0.1, 0.15) is 0 Å². The minimum Gasteiger partial charge on any atom is -0.389 e. The highest BCUT2D eigenvalue weighted by Crippen LogP contribution is 2.33. The molecule has 3 rings (SSSR count). The predicted octanol–water partition coefficient (Wildman–Crippen LogP) is 3.64. The Kier molecular flexibility index (Phi) is 4.66. The lowest BCUT2D eigenvalue weighted by Crippen LogP contribution is -2.44. The highest BCUT2D eigenvalue weighted by atomic mass is 16.3. The molecule has 1 fully saturated rings. The maximum absolute atomic E-state index is 10.7. The summed E-state index contributed by atoms with van der Waals surface area (Å²) in [5.74, 6) is 1.41. The Morgan fingerprint density at radius 2 is 1.95 bits per heavy atom. The van der Waals surface area contributed by atoms with E-state index in [0.29, 0.717) is 5.92 Å². The zero-order chi connectivity index (χ0) is 14.7. The average Bonchev–Trinajstić information content (AvgIpc) is 2.51. The van der Waals surface area contributed by atoms with E-state index in [4.69, 9.17) is 0 Å². The second kappa shape index (κ2) is 6.50. The first kappa shape index (κ1) is 15.1. The van der Waals surface area contributed by atoms with E-state index >= 15 is 0 Å². The van der Waals surface area contributed by atoms with Crippen molar-refractivity contribution in [2.24, 2.45) is 5.92 Å². The molecule has 0 heterocycles. The van der Waals surface area contributed by atoms with E-state index in [1.165, 1.54) is 43.2 Å². The van der Waals surface area contributed by atoms with E-state index in [2.05, 4.69) is 36.5 Å². The normalized spacial score (nSPS) is 32.7. The van der Waals surface area contributed by atoms with Gasteiger partial charge in [-0.3, -0.25) is 0 Å². The molecule has 1 atom stereocenters. The third-order valence-corrected chi connectivity index (χ3v) is 5.54. The molecule has 0 amide bonds. The van der Waals surface area contributed by atoms with Crippen LogP contribution in [-0.4, -0.2) is 23.8 Å². The van der Waals surface area contributed by atoms with Crippen molar-refractivity contribution in [2.75, 3.05) is 13.1 Å². The third-order valence-electron chi connectivity index (χ3n) is 5.54. The molecular formula is C19H29NO. The largest absolute Gasteiger partial charge is 0.389 e. The number of aryl methyl sites for hydroxylation is 1. The van der Waals surface area contributed by atoms with Crippen LogP contribution in [0.15, 0.2) is 24.3 Å². The molecule has 2 aliphatic carbocycles. The molecule has 2 nitrogen and oxygen atoms in total. The summed E-state index contributed by atoms with van der Waals surface area (Å²) in [4.78, 5) is 0. The van der Waals surface area contributed by atoms with E-state index in [1.54, 1.807) is 0 Å². The van der Waals surface area contributed by atoms with Gasteiger partial charge in [0.15, 0.2) is 0 Å². The number of hydrogen-bond donors (Lipinski definition) is 2. The molecule has 2 N–H and O–H groups in total. The molecule has 0 radical (unpaired) electrons. The SMILES string of the molecule is CC1CCC(O)(CNCC2CCCc3ccccc32)CC1. The Bertz CT molecular complexity index is 462. The van der Waals surface area contributed by atoms with Crippen LogP contribution in [0.4, 0.5) is 0 Å². The molecule has 2 aliphatic rings. The number of nitrogens with one attached hydrogen (secondary N) is 1. The molecule has 1 aromatic rings. The van der Waals surface area contributed by atoms with Crippen molar-refractivity contribution >= 4 is 0 Å². The molecule has 1 unspecified atom stereocenters. The first-order valence-electron chi connectivity index (χ1n) is 8.67. The van der Waals surface area contributed by atoms with E-state index in [1.807, 2.05) is 0 Å². The summed E-state index contributed by atoms with van der Waals surface area (Å²) >= 11 is 0. The fraction of sp³-hybridized carbons (Fsp3) is 0.684. The molecule has 0 aromatic heterocycles. The summed E-state index contributed by atoms with van der Waals surface area (Å²) in [6.45, 7) is 4.07. The topological polar surface area (TPSA) is 32.3 Å². The zero-order valence-corrected chi connectivity index (χ0v) is 13.3. The molecule has 1 saturated carbocycles. The summed E-state index contributed by atoms with van der Waals surface area (Å²) in [6.07, 6.45) is 8.07. The first-order valence-corrected chi connectivity index (χ1v) is 8.67. The van der Waals surface area contributed by atoms with E-state index < -0.39 is 5.60 Å². The standard InChI is InChI=1S/C19H29NO/c1-15-9-11-19(21,12-10-15)14-20-13-17-7-4-6-16-5-2-3-8-18(16)17/h2-3,5,8,15,17,20-21H,4,6-7,9-14H2,1H3. The molecule has 2 heteroatoms. The Morgan fingerprint density at radius 3 is 2.76 bits per heavy atom. The summed E-state index contributed by atoms with van der Waals surface area (Å²) in [7, 11) is 0. The molecule has 0 aliphatic heterocycles. The van der Waals surface area contributed by atoms with Crippen LogP contribution in [0.5, 0.6) is 0 Å². The van der Waals surface area contributed by atoms with E-state index in [0.717, 1.165) is 31.8 Å². The minimum atomic E-state index is -0.458. The first-order chi connectivity index (χ1) is 10.2. The van der Waals surface area contributed by atoms with Crippen molar-refractivity contribution in [3.63, 3.8) is 0 Å². The Labute approximate surface area is 129 Å². The van der Waals surface area contributed by atoms with Crippen LogP contribution in [0.25, 0.3) is 0 Å². The lowest BCUT2D eigenvalue weighted by Gasteiger charge is -2.36. The van der Waals surface area contributed by atoms with Crippen molar-refractivity contribution in [2.45, 2.75) is 63.4 Å². The highest BCUT2D eigenvalue weighted by Gasteiger charge is 2.31. The van der Waals surface area contributed by atoms with Crippen LogP contribution in [0.1, 0.15) is 62.5 Å². The number of benzene rings is 1. The van der Waals surface area contributed by atoms with Gasteiger partial charge in [0.2, 0.25) is 0 Å². The van der Waals surface area contributed by atoms with Crippen molar-refractivity contribution in [3.8, 4) is 0 Å². The smallest absolute Gasteiger partial charge is 0.0771 e. The highest BCUT2D eigenvalue weighted by molar-refractivity contribution is 5.32. The van der Waals surface area contributed by atoms with Crippen molar-refractivity contribution < 1.29 is 5.11 Å². The Balaban J connectivity index is 1.52. The molecule has 0 spiro atoms. The number of fused-ring (bicyclic) bond motifs is 1. The zero-order valence-electron chi connectivity index (χ0n) is 13.3. The molecular weight excluding hydrogens is 258 g/mol. The van der Waals surface area contributed by atoms with Gasteiger partial charge in [0, 0.05) is 13.1 Å². The Hall–Kier alpha value is -0.860. The van der Waals surface area contributed by atoms with Gasteiger partial charge in [-0.25, -0.2) is 0 Å². The van der Waals surface area contributed by atoms with E-state index in [9.17, 15) is 5.11 Å². The van der Waals surface area contributed by atoms with Crippen LogP contribution >= 0.6 is 0 Å². The molecule has 0 bridgehead atoms. The lowest BCUT2D eigenvalue weighted by atomic mass is 9.79. The summed E-state index contributed by atoms with van der Waals surface area (Å²) in [5.41, 5.74) is 2.60. The van der Waals surface area contributed by atoms with Crippen LogP contribution in [0.3, 0.4) is 0 Å². The van der Waals surface area contributed by atoms with Gasteiger partial charge in [-0.05, 0) is 67.9 Å². The molecule has 0 saturated heterocycles. The second-order valence-electron chi connectivity index (χ2n) is 7.33. The van der Waals surface area contributed by atoms with Crippen LogP contribution in [-0.2, 0) is 6.42 Å². The minimum absolute atomic E-state index is 0.458. The van der Waals surface area contributed by atoms with Crippen LogP contribution in [0.2, 0.25) is 0 Å². The molecule has 116 valence electrons. The maximum atomic E-state index is 10.7. The fourth-order valence-electron chi connectivity index (χ4n) is 4.02. The van der Waals surface area contributed by atoms with E-state index in [-0.39, 0.29) is 0 Å². The second-order valence-corrected chi connectivity index (χ2v) is 7.33. The fourth-order valence-corrected chi connectivity index (χ4v) is 4.02. The average molecular weight is 287 g/mol. The van der Waals surface area contributed by atoms with Crippen LogP contribution in [0, 0.1) is 5.92 Å². The molecule has 21 heavy (non-hydrogen) atoms. The van der Waals surface area contributed by atoms with Gasteiger partial charge >= 0.3 is 0 Å². The van der Waals surface area contributed by atoms with Gasteiger partial charge in [0.05, 0.1) is 5.60 Å². The van der Waals surface area contributed by atoms with Gasteiger partial charge in [-0.15, -0.1) is 0 Å². The third kappa shape index (κ3) is 3.67. The summed E-state index contributed by atoms with van der Waals surface area (Å²) < 4.78 is 0. The lowest BCUT2D eigenvalue weighted by molar-refractivity contribution is -0.00623. The number of rotatable bonds is 4. The number of hydrogen-bond acceptors (Lipinski definition) is 2. The van der Waals surface area contributed by atoms with Crippen molar-refractivity contribution in [1.29, 1.82) is 0 Å². The number of aliphatic hydroxyl groups is 1. The summed E-state index contributed by atoms with van der Waals surface area (Å²) in [6, 6.07) is 8.88. The van der Waals surface area contributed by atoms with Gasteiger partial charge < -0.3 is 10.4 Å². The van der Waals surface area contributed by atoms with Crippen LogP contribution < -0.4 is 5.32 Å². The quantitative estimate of drug-likeness (QED) is 0.886. The molecule has 1 aromatic carbocycles. The van der Waals surface area contributed by atoms with Gasteiger partial charge in [-0.2, -0.15) is 0 Å². The van der Waals surface area contributed by atoms with Gasteiger partial charge in [-0.1, -0.05) is 31.2 Å². The van der Waals surface area contributed by atoms with Crippen molar-refractivity contribution in [3.05, 3.63) is 35.4 Å². The van der Waals surface area contributed by atoms with Crippen molar-refractivity contribution in [1.82, 2.24) is 5.32 Å². The monoisotopic (exact) mass is 287 g/mol.